The molecule has 0 aliphatic heterocycles. The van der Waals surface area contributed by atoms with Gasteiger partial charge in [0.25, 0.3) is 5.97 Å². The third-order valence-corrected chi connectivity index (χ3v) is 8.39. The van der Waals surface area contributed by atoms with Crippen LogP contribution in [0, 0.1) is 17.5 Å². The van der Waals surface area contributed by atoms with Crippen LogP contribution in [0.15, 0.2) is 115 Å². The number of aromatic nitrogens is 1. The van der Waals surface area contributed by atoms with Gasteiger partial charge in [0.2, 0.25) is 0 Å². The number of hydrogen-bond acceptors (Lipinski definition) is 8. The SMILES string of the molecule is BrBr.CC(=O)O.CC(=O)c1ccc(F)c2ccccc12.CCO.NC(N)=S.Nc1nc(-c2ccc(F)c3ccccc23)cs1.O=C(CBr)c1ccc(F)c2ccccc12. The maximum absolute atomic E-state index is 13.6. The van der Waals surface area contributed by atoms with Gasteiger partial charge in [-0.1, -0.05) is 88.7 Å². The fourth-order valence-corrected chi connectivity index (χ4v) is 5.91. The van der Waals surface area contributed by atoms with Crippen LogP contribution in [0.25, 0.3) is 43.6 Å². The van der Waals surface area contributed by atoms with Crippen LogP contribution in [0.3, 0.4) is 0 Å². The van der Waals surface area contributed by atoms with Crippen molar-refractivity contribution < 1.29 is 37.8 Å². The molecular formula is C42H40Br3F3N4O5S2. The molecule has 7 aromatic rings. The van der Waals surface area contributed by atoms with E-state index in [4.69, 9.17) is 20.7 Å². The van der Waals surface area contributed by atoms with Gasteiger partial charge in [-0.05, 0) is 78.6 Å². The lowest BCUT2D eigenvalue weighted by atomic mass is 10.0. The minimum absolute atomic E-state index is 0.000000000000000222. The minimum atomic E-state index is -0.833. The predicted molar refractivity (Wildman–Crippen MR) is 250 cm³/mol. The molecule has 0 unspecified atom stereocenters. The number of ketones is 2. The highest BCUT2D eigenvalue weighted by molar-refractivity contribution is 9.93. The zero-order valence-electron chi connectivity index (χ0n) is 31.8. The fraction of sp³-hybridized carbons (Fsp3) is 0.119. The number of carbonyl (C=O) groups excluding carboxylic acids is 2. The molecule has 0 saturated heterocycles. The molecule has 9 nitrogen and oxygen atoms in total. The van der Waals surface area contributed by atoms with Gasteiger partial charge in [0, 0.05) is 80.0 Å². The van der Waals surface area contributed by atoms with Crippen LogP contribution < -0.4 is 17.2 Å². The van der Waals surface area contributed by atoms with Crippen molar-refractivity contribution in [1.29, 1.82) is 0 Å². The van der Waals surface area contributed by atoms with E-state index in [1.54, 1.807) is 67.6 Å². The number of carboxylic acids is 1. The van der Waals surface area contributed by atoms with Gasteiger partial charge in [0.15, 0.2) is 21.8 Å². The van der Waals surface area contributed by atoms with Gasteiger partial charge in [-0.2, -0.15) is 0 Å². The van der Waals surface area contributed by atoms with Gasteiger partial charge in [-0.15, -0.1) is 11.3 Å². The van der Waals surface area contributed by atoms with Crippen molar-refractivity contribution in [3.63, 3.8) is 0 Å². The van der Waals surface area contributed by atoms with Gasteiger partial charge in [-0.3, -0.25) is 14.4 Å². The fourth-order valence-electron chi connectivity index (χ4n) is 5.04. The van der Waals surface area contributed by atoms with E-state index in [0.29, 0.717) is 43.2 Å². The maximum atomic E-state index is 13.6. The number of carbonyl (C=O) groups is 3. The van der Waals surface area contributed by atoms with Crippen molar-refractivity contribution >= 4 is 128 Å². The quantitative estimate of drug-likeness (QED) is 0.0646. The van der Waals surface area contributed by atoms with Crippen molar-refractivity contribution in [2.75, 3.05) is 17.7 Å². The summed E-state index contributed by atoms with van der Waals surface area (Å²) in [5.74, 6) is -1.71. The Morgan fingerprint density at radius 2 is 1.03 bits per heavy atom. The first-order chi connectivity index (χ1) is 28.1. The Kier molecular flexibility index (Phi) is 24.6. The number of thiazole rings is 1. The number of aliphatic hydroxyl groups is 1. The summed E-state index contributed by atoms with van der Waals surface area (Å²) in [6.45, 7) is 4.50. The third-order valence-electron chi connectivity index (χ3n) is 7.21. The Morgan fingerprint density at radius 3 is 1.41 bits per heavy atom. The molecule has 0 aliphatic carbocycles. The average molecular weight is 1040 g/mol. The zero-order valence-corrected chi connectivity index (χ0v) is 38.2. The van der Waals surface area contributed by atoms with Crippen molar-refractivity contribution in [2.45, 2.75) is 20.8 Å². The number of hydrogen-bond donors (Lipinski definition) is 5. The molecule has 0 saturated carbocycles. The van der Waals surface area contributed by atoms with Crippen LogP contribution in [0.4, 0.5) is 18.3 Å². The summed E-state index contributed by atoms with van der Waals surface area (Å²) in [5.41, 5.74) is 17.7. The van der Waals surface area contributed by atoms with Crippen molar-refractivity contribution in [3.05, 3.63) is 143 Å². The highest BCUT2D eigenvalue weighted by Gasteiger charge is 2.12. The van der Waals surface area contributed by atoms with E-state index in [2.05, 4.69) is 72.9 Å². The number of thiocarbonyl (C=S) groups is 1. The number of aliphatic hydroxyl groups excluding tert-OH is 1. The van der Waals surface area contributed by atoms with Gasteiger partial charge in [0.1, 0.15) is 17.5 Å². The summed E-state index contributed by atoms with van der Waals surface area (Å²) in [5, 5.41) is 21.5. The molecule has 1 aromatic heterocycles. The molecule has 0 fully saturated rings. The Balaban J connectivity index is 0.000000387. The summed E-state index contributed by atoms with van der Waals surface area (Å²) in [6.07, 6.45) is 0. The molecule has 0 atom stereocenters. The van der Waals surface area contributed by atoms with Gasteiger partial charge in [0.05, 0.1) is 11.0 Å². The molecule has 0 aliphatic rings. The maximum Gasteiger partial charge on any atom is 0.300 e. The van der Waals surface area contributed by atoms with E-state index in [0.717, 1.165) is 23.6 Å². The number of anilines is 1. The summed E-state index contributed by atoms with van der Waals surface area (Å²) in [7, 11) is 0. The summed E-state index contributed by atoms with van der Waals surface area (Å²) >= 11 is 14.1. The molecule has 59 heavy (non-hydrogen) atoms. The second kappa shape index (κ2) is 27.8. The molecule has 0 radical (unpaired) electrons. The molecule has 8 N–H and O–H groups in total. The van der Waals surface area contributed by atoms with Crippen LogP contribution in [-0.4, -0.2) is 49.8 Å². The Morgan fingerprint density at radius 1 is 0.695 bits per heavy atom. The molecular weight excluding hydrogens is 1000 g/mol. The Bertz CT molecular complexity index is 2460. The second-order valence-electron chi connectivity index (χ2n) is 11.3. The molecule has 0 spiro atoms. The number of carboxylic acid groups (broad SMARTS) is 1. The standard InChI is InChI=1S/C13H9FN2S.C12H8BrFO.C12H9FO.C2H4O2.C2H6O.CH4N2S.Br2/c14-11-6-5-10(12-7-17-13(15)16-12)8-3-1-2-4-9(8)11;13-7-12(15)10-5-6-11(14)9-4-2-1-3-8(9)10;1-8(14)9-6-7-12(13)11-5-3-2-4-10(9)11;1-2(3)4;1-2-3;2-1(3)4;1-2/h1-7H,(H2,15,16);1-6H,7H2;2-7H,1H3;1H3,(H,3,4);3H,2H2,1H3;(H4,2,3,4);. The van der Waals surface area contributed by atoms with E-state index >= 15 is 0 Å². The Hall–Kier alpha value is -4.78. The molecule has 0 amide bonds. The van der Waals surface area contributed by atoms with E-state index in [1.165, 1.54) is 48.6 Å². The minimum Gasteiger partial charge on any atom is -0.481 e. The van der Waals surface area contributed by atoms with E-state index in [-0.39, 0.29) is 46.1 Å². The molecule has 6 aromatic carbocycles. The molecule has 17 heteroatoms. The molecule has 7 rings (SSSR count). The summed E-state index contributed by atoms with van der Waals surface area (Å²) in [4.78, 5) is 36.1. The number of nitrogens with two attached hydrogens (primary N) is 3. The average Bonchev–Trinajstić information content (AvgIpc) is 3.65. The summed E-state index contributed by atoms with van der Waals surface area (Å²) in [6, 6.07) is 30.3. The Labute approximate surface area is 372 Å². The highest BCUT2D eigenvalue weighted by atomic mass is 80.9. The van der Waals surface area contributed by atoms with Crippen LogP contribution in [-0.2, 0) is 4.79 Å². The van der Waals surface area contributed by atoms with E-state index in [1.807, 2.05) is 23.6 Å². The van der Waals surface area contributed by atoms with Crippen LogP contribution in [0.5, 0.6) is 0 Å². The number of alkyl halides is 1. The largest absolute Gasteiger partial charge is 0.481 e. The first-order valence-corrected chi connectivity index (χ1v) is 23.0. The van der Waals surface area contributed by atoms with Gasteiger partial charge < -0.3 is 27.4 Å². The normalized spacial score (nSPS) is 9.53. The lowest BCUT2D eigenvalue weighted by Crippen LogP contribution is -2.18. The van der Waals surface area contributed by atoms with Crippen LogP contribution in [0.1, 0.15) is 41.5 Å². The topological polar surface area (TPSA) is 183 Å². The van der Waals surface area contributed by atoms with Crippen molar-refractivity contribution in [3.8, 4) is 11.3 Å². The van der Waals surface area contributed by atoms with Crippen LogP contribution in [0.2, 0.25) is 0 Å². The number of aliphatic carboxylic acids is 1. The number of benzene rings is 6. The molecule has 0 bridgehead atoms. The number of rotatable bonds is 4. The van der Waals surface area contributed by atoms with E-state index < -0.39 is 5.97 Å². The number of fused-ring (bicyclic) bond motifs is 3. The monoisotopic (exact) mass is 1040 g/mol. The van der Waals surface area contributed by atoms with Crippen molar-refractivity contribution in [2.24, 2.45) is 11.5 Å². The molecule has 312 valence electrons. The predicted octanol–water partition coefficient (Wildman–Crippen LogP) is 11.4. The zero-order chi connectivity index (χ0) is 44.7. The number of Topliss-reactive ketones (excluding diaryl/α,β-unsaturated/α-hetero) is 2. The highest BCUT2D eigenvalue weighted by Crippen LogP contribution is 2.31. The number of nitrogen functional groups attached to an aromatic ring is 1. The van der Waals surface area contributed by atoms with Crippen LogP contribution >= 0.6 is 67.7 Å². The number of nitrogens with zero attached hydrogens (tertiary/aromatic N) is 1. The first kappa shape index (κ1) is 52.2. The lowest BCUT2D eigenvalue weighted by molar-refractivity contribution is -0.134. The lowest BCUT2D eigenvalue weighted by Gasteiger charge is -2.04. The van der Waals surface area contributed by atoms with Crippen molar-refractivity contribution in [1.82, 2.24) is 4.98 Å². The van der Waals surface area contributed by atoms with Gasteiger partial charge >= 0.3 is 0 Å². The second-order valence-corrected chi connectivity index (χ2v) is 13.3. The summed E-state index contributed by atoms with van der Waals surface area (Å²) < 4.78 is 40.4. The smallest absolute Gasteiger partial charge is 0.300 e. The molecule has 1 heterocycles. The first-order valence-electron chi connectivity index (χ1n) is 16.9. The number of halogens is 6. The van der Waals surface area contributed by atoms with E-state index in [9.17, 15) is 22.8 Å². The van der Waals surface area contributed by atoms with Gasteiger partial charge in [-0.25, -0.2) is 18.2 Å². The third kappa shape index (κ3) is 17.2.